The number of hydrogen-bond acceptors (Lipinski definition) is 4. The standard InChI is InChI=1S/C21H21N3O2S/c1-2-17(16-11-7-4-8-12-16)19(25)24-21-18(23-14-27-21)20(26)22-13-15-9-5-3-6-10-15/h3-12,14,17H,2,13H2,1H3,(H,22,26)(H,24,25). The molecule has 0 bridgehead atoms. The fraction of sp³-hybridized carbons (Fsp3) is 0.190. The Morgan fingerprint density at radius 2 is 1.70 bits per heavy atom. The minimum Gasteiger partial charge on any atom is -0.347 e. The Balaban J connectivity index is 1.67. The van der Waals surface area contributed by atoms with Crippen LogP contribution in [0.4, 0.5) is 5.00 Å². The molecule has 0 saturated carbocycles. The van der Waals surface area contributed by atoms with Gasteiger partial charge < -0.3 is 10.6 Å². The quantitative estimate of drug-likeness (QED) is 0.646. The number of nitrogens with one attached hydrogen (secondary N) is 2. The Labute approximate surface area is 162 Å². The molecule has 0 spiro atoms. The topological polar surface area (TPSA) is 71.1 Å². The van der Waals surface area contributed by atoms with Crippen molar-refractivity contribution in [1.82, 2.24) is 10.3 Å². The van der Waals surface area contributed by atoms with E-state index >= 15 is 0 Å². The zero-order valence-electron chi connectivity index (χ0n) is 15.0. The van der Waals surface area contributed by atoms with Crippen molar-refractivity contribution in [2.45, 2.75) is 25.8 Å². The minimum absolute atomic E-state index is 0.134. The molecule has 2 aromatic carbocycles. The summed E-state index contributed by atoms with van der Waals surface area (Å²) in [6, 6.07) is 19.3. The highest BCUT2D eigenvalue weighted by molar-refractivity contribution is 7.14. The monoisotopic (exact) mass is 379 g/mol. The summed E-state index contributed by atoms with van der Waals surface area (Å²) in [6.07, 6.45) is 0.671. The maximum Gasteiger partial charge on any atom is 0.273 e. The molecule has 0 aliphatic rings. The first-order valence-corrected chi connectivity index (χ1v) is 9.68. The van der Waals surface area contributed by atoms with Crippen LogP contribution in [0.5, 0.6) is 0 Å². The first kappa shape index (κ1) is 18.8. The molecule has 1 unspecified atom stereocenters. The molecule has 0 aliphatic heterocycles. The second kappa shape index (κ2) is 9.09. The third kappa shape index (κ3) is 4.80. The second-order valence-electron chi connectivity index (χ2n) is 6.06. The number of nitrogens with zero attached hydrogens (tertiary/aromatic N) is 1. The van der Waals surface area contributed by atoms with Gasteiger partial charge >= 0.3 is 0 Å². The van der Waals surface area contributed by atoms with Crippen molar-refractivity contribution in [3.8, 4) is 0 Å². The maximum absolute atomic E-state index is 12.7. The molecule has 0 saturated heterocycles. The van der Waals surface area contributed by atoms with Gasteiger partial charge in [-0.1, -0.05) is 67.6 Å². The summed E-state index contributed by atoms with van der Waals surface area (Å²) in [4.78, 5) is 29.3. The number of thiazole rings is 1. The molecule has 1 aromatic heterocycles. The van der Waals surface area contributed by atoms with Crippen LogP contribution in [-0.4, -0.2) is 16.8 Å². The second-order valence-corrected chi connectivity index (χ2v) is 6.91. The van der Waals surface area contributed by atoms with Crippen LogP contribution in [0.3, 0.4) is 0 Å². The first-order valence-electron chi connectivity index (χ1n) is 8.80. The predicted molar refractivity (Wildman–Crippen MR) is 108 cm³/mol. The molecule has 0 aliphatic carbocycles. The van der Waals surface area contributed by atoms with Crippen LogP contribution in [0.15, 0.2) is 66.2 Å². The Morgan fingerprint density at radius 1 is 1.04 bits per heavy atom. The van der Waals surface area contributed by atoms with Crippen LogP contribution >= 0.6 is 11.3 Å². The van der Waals surface area contributed by atoms with E-state index in [2.05, 4.69) is 15.6 Å². The largest absolute Gasteiger partial charge is 0.347 e. The molecule has 0 fully saturated rings. The molecule has 2 amide bonds. The van der Waals surface area contributed by atoms with Crippen molar-refractivity contribution >= 4 is 28.2 Å². The van der Waals surface area contributed by atoms with E-state index in [1.807, 2.05) is 67.6 Å². The lowest BCUT2D eigenvalue weighted by Gasteiger charge is -2.15. The van der Waals surface area contributed by atoms with Crippen molar-refractivity contribution in [3.05, 3.63) is 83.0 Å². The SMILES string of the molecule is CCC(C(=O)Nc1scnc1C(=O)NCc1ccccc1)c1ccccc1. The third-order valence-corrected chi connectivity index (χ3v) is 4.98. The van der Waals surface area contributed by atoms with Crippen LogP contribution < -0.4 is 10.6 Å². The van der Waals surface area contributed by atoms with Crippen LogP contribution in [-0.2, 0) is 11.3 Å². The van der Waals surface area contributed by atoms with Crippen molar-refractivity contribution in [1.29, 1.82) is 0 Å². The van der Waals surface area contributed by atoms with E-state index < -0.39 is 0 Å². The van der Waals surface area contributed by atoms with Gasteiger partial charge in [0, 0.05) is 6.54 Å². The summed E-state index contributed by atoms with van der Waals surface area (Å²) in [5, 5.41) is 6.19. The number of anilines is 1. The summed E-state index contributed by atoms with van der Waals surface area (Å²) in [7, 11) is 0. The summed E-state index contributed by atoms with van der Waals surface area (Å²) in [5.74, 6) is -0.707. The van der Waals surface area contributed by atoms with E-state index in [1.54, 1.807) is 5.51 Å². The normalized spacial score (nSPS) is 11.6. The maximum atomic E-state index is 12.7. The number of rotatable bonds is 7. The highest BCUT2D eigenvalue weighted by Gasteiger charge is 2.22. The van der Waals surface area contributed by atoms with Gasteiger partial charge in [0.1, 0.15) is 5.00 Å². The van der Waals surface area contributed by atoms with Gasteiger partial charge in [0.25, 0.3) is 5.91 Å². The Kier molecular flexibility index (Phi) is 6.33. The smallest absolute Gasteiger partial charge is 0.273 e. The van der Waals surface area contributed by atoms with Crippen molar-refractivity contribution < 1.29 is 9.59 Å². The fourth-order valence-corrected chi connectivity index (χ4v) is 3.50. The zero-order valence-corrected chi connectivity index (χ0v) is 15.8. The molecule has 2 N–H and O–H groups in total. The first-order chi connectivity index (χ1) is 13.2. The van der Waals surface area contributed by atoms with Gasteiger partial charge in [-0.15, -0.1) is 11.3 Å². The number of benzene rings is 2. The Hall–Kier alpha value is -2.99. The van der Waals surface area contributed by atoms with Crippen molar-refractivity contribution in [2.24, 2.45) is 0 Å². The van der Waals surface area contributed by atoms with Crippen molar-refractivity contribution in [2.75, 3.05) is 5.32 Å². The molecule has 5 nitrogen and oxygen atoms in total. The number of aromatic nitrogens is 1. The van der Waals surface area contributed by atoms with Crippen LogP contribution in [0.2, 0.25) is 0 Å². The molecule has 6 heteroatoms. The van der Waals surface area contributed by atoms with E-state index in [9.17, 15) is 9.59 Å². The molecule has 1 atom stereocenters. The van der Waals surface area contributed by atoms with E-state index in [0.29, 0.717) is 18.0 Å². The van der Waals surface area contributed by atoms with E-state index in [1.165, 1.54) is 11.3 Å². The van der Waals surface area contributed by atoms with Gasteiger partial charge in [-0.2, -0.15) is 0 Å². The average Bonchev–Trinajstić information content (AvgIpc) is 3.16. The van der Waals surface area contributed by atoms with Gasteiger partial charge in [0.2, 0.25) is 5.91 Å². The van der Waals surface area contributed by atoms with Gasteiger partial charge in [0.05, 0.1) is 11.4 Å². The predicted octanol–water partition coefficient (Wildman–Crippen LogP) is 4.21. The zero-order chi connectivity index (χ0) is 19.1. The van der Waals surface area contributed by atoms with Gasteiger partial charge in [-0.25, -0.2) is 4.98 Å². The lowest BCUT2D eigenvalue weighted by atomic mass is 9.96. The van der Waals surface area contributed by atoms with E-state index in [-0.39, 0.29) is 23.4 Å². The van der Waals surface area contributed by atoms with Crippen molar-refractivity contribution in [3.63, 3.8) is 0 Å². The molecule has 138 valence electrons. The lowest BCUT2D eigenvalue weighted by Crippen LogP contribution is -2.26. The molecule has 1 heterocycles. The van der Waals surface area contributed by atoms with Gasteiger partial charge in [-0.05, 0) is 17.5 Å². The summed E-state index contributed by atoms with van der Waals surface area (Å²) in [5.41, 5.74) is 3.77. The third-order valence-electron chi connectivity index (χ3n) is 4.24. The van der Waals surface area contributed by atoms with E-state index in [4.69, 9.17) is 0 Å². The Morgan fingerprint density at radius 3 is 2.37 bits per heavy atom. The average molecular weight is 379 g/mol. The highest BCUT2D eigenvalue weighted by Crippen LogP contribution is 2.25. The molecule has 27 heavy (non-hydrogen) atoms. The fourth-order valence-electron chi connectivity index (χ4n) is 2.82. The van der Waals surface area contributed by atoms with Crippen LogP contribution in [0.1, 0.15) is 40.9 Å². The van der Waals surface area contributed by atoms with E-state index in [0.717, 1.165) is 11.1 Å². The van der Waals surface area contributed by atoms with Crippen LogP contribution in [0, 0.1) is 0 Å². The summed E-state index contributed by atoms with van der Waals surface area (Å²) in [6.45, 7) is 2.38. The summed E-state index contributed by atoms with van der Waals surface area (Å²) < 4.78 is 0. The molecule has 3 rings (SSSR count). The highest BCUT2D eigenvalue weighted by atomic mass is 32.1. The number of carbonyl (C=O) groups excluding carboxylic acids is 2. The molecule has 0 radical (unpaired) electrons. The molecular formula is C21H21N3O2S. The number of hydrogen-bond donors (Lipinski definition) is 2. The molecular weight excluding hydrogens is 358 g/mol. The number of amides is 2. The van der Waals surface area contributed by atoms with Gasteiger partial charge in [-0.3, -0.25) is 9.59 Å². The van der Waals surface area contributed by atoms with Crippen LogP contribution in [0.25, 0.3) is 0 Å². The Bertz CT molecular complexity index is 894. The minimum atomic E-state index is -0.303. The summed E-state index contributed by atoms with van der Waals surface area (Å²) >= 11 is 1.25. The molecule has 3 aromatic rings. The lowest BCUT2D eigenvalue weighted by molar-refractivity contribution is -0.117. The van der Waals surface area contributed by atoms with Gasteiger partial charge in [0.15, 0.2) is 5.69 Å². The number of carbonyl (C=O) groups is 2.